The zero-order valence-corrected chi connectivity index (χ0v) is 13.5. The van der Waals surface area contributed by atoms with Crippen LogP contribution >= 0.6 is 0 Å². The number of aliphatic hydroxyl groups is 1. The molecular weight excluding hydrogens is 328 g/mol. The summed E-state index contributed by atoms with van der Waals surface area (Å²) in [7, 11) is 0. The lowest BCUT2D eigenvalue weighted by Gasteiger charge is -2.13. The minimum Gasteiger partial charge on any atom is -0.448 e. The van der Waals surface area contributed by atoms with Crippen molar-refractivity contribution in [2.24, 2.45) is 0 Å². The predicted octanol–water partition coefficient (Wildman–Crippen LogP) is 1.34. The fourth-order valence-electron chi connectivity index (χ4n) is 3.36. The van der Waals surface area contributed by atoms with Crippen molar-refractivity contribution in [1.82, 2.24) is 14.9 Å². The third-order valence-electron chi connectivity index (χ3n) is 4.53. The van der Waals surface area contributed by atoms with E-state index in [4.69, 9.17) is 4.42 Å². The minimum atomic E-state index is -0.449. The van der Waals surface area contributed by atoms with Crippen molar-refractivity contribution in [3.05, 3.63) is 38.8 Å². The first-order valence-corrected chi connectivity index (χ1v) is 7.95. The maximum Gasteiger partial charge on any atom is 0.332 e. The molecule has 1 aliphatic heterocycles. The van der Waals surface area contributed by atoms with E-state index in [2.05, 4.69) is 9.97 Å². The molecule has 1 aromatic carbocycles. The SMILES string of the molecule is Cc1ccc2oc3c(=O)[nH]c(CN4CC[C@H](O)C4)nc3c2c1[N+](=O)O. The molecule has 1 atom stereocenters. The van der Waals surface area contributed by atoms with Crippen LogP contribution in [0.4, 0.5) is 5.69 Å². The number of β-amino-alcohol motifs (C(OH)–C–C–N with tert-alkyl or cyclic N) is 1. The van der Waals surface area contributed by atoms with E-state index in [-0.39, 0.29) is 27.8 Å². The van der Waals surface area contributed by atoms with Crippen LogP contribution in [0, 0.1) is 11.8 Å². The fraction of sp³-hybridized carbons (Fsp3) is 0.375. The summed E-state index contributed by atoms with van der Waals surface area (Å²) < 4.78 is 5.53. The van der Waals surface area contributed by atoms with E-state index in [1.54, 1.807) is 19.1 Å². The van der Waals surface area contributed by atoms with E-state index >= 15 is 0 Å². The van der Waals surface area contributed by atoms with Gasteiger partial charge in [-0.2, -0.15) is 0 Å². The van der Waals surface area contributed by atoms with Gasteiger partial charge in [-0.25, -0.2) is 10.2 Å². The van der Waals surface area contributed by atoms with Gasteiger partial charge in [-0.3, -0.25) is 9.69 Å². The summed E-state index contributed by atoms with van der Waals surface area (Å²) in [5.74, 6) is 0.414. The molecule has 0 spiro atoms. The number of aromatic amines is 1. The lowest BCUT2D eigenvalue weighted by molar-refractivity contribution is -0.729. The maximum atomic E-state index is 12.4. The van der Waals surface area contributed by atoms with Crippen LogP contribution in [0.1, 0.15) is 17.8 Å². The molecule has 0 amide bonds. The van der Waals surface area contributed by atoms with Gasteiger partial charge in [0.15, 0.2) is 0 Å². The second kappa shape index (κ2) is 5.64. The second-order valence-electron chi connectivity index (χ2n) is 6.35. The minimum absolute atomic E-state index is 0.00825. The Bertz CT molecular complexity index is 1050. The number of aryl methyl sites for hydroxylation is 1. The average Bonchev–Trinajstić information content (AvgIpc) is 3.11. The Labute approximate surface area is 141 Å². The second-order valence-corrected chi connectivity index (χ2v) is 6.35. The van der Waals surface area contributed by atoms with Crippen molar-refractivity contribution in [3.8, 4) is 0 Å². The van der Waals surface area contributed by atoms with Crippen molar-refractivity contribution in [1.29, 1.82) is 0 Å². The zero-order valence-electron chi connectivity index (χ0n) is 13.5. The van der Waals surface area contributed by atoms with E-state index in [1.807, 2.05) is 4.90 Å². The first-order valence-electron chi connectivity index (χ1n) is 7.95. The number of benzene rings is 1. The molecule has 0 unspecified atom stereocenters. The Balaban J connectivity index is 1.91. The van der Waals surface area contributed by atoms with Gasteiger partial charge in [0.1, 0.15) is 22.3 Å². The van der Waals surface area contributed by atoms with Gasteiger partial charge in [-0.15, -0.1) is 0 Å². The third-order valence-corrected chi connectivity index (χ3v) is 4.53. The molecule has 9 heteroatoms. The molecule has 3 N–H and O–H groups in total. The van der Waals surface area contributed by atoms with Crippen LogP contribution < -0.4 is 5.56 Å². The van der Waals surface area contributed by atoms with Crippen LogP contribution in [0.3, 0.4) is 0 Å². The van der Waals surface area contributed by atoms with Crippen molar-refractivity contribution >= 4 is 27.8 Å². The number of likely N-dealkylation sites (tertiary alicyclic amines) is 1. The van der Waals surface area contributed by atoms with Gasteiger partial charge >= 0.3 is 5.69 Å². The normalized spacial score (nSPS) is 18.4. The van der Waals surface area contributed by atoms with Crippen LogP contribution in [0.2, 0.25) is 0 Å². The van der Waals surface area contributed by atoms with Crippen molar-refractivity contribution in [2.45, 2.75) is 26.0 Å². The number of nitrogens with zero attached hydrogens (tertiary/aromatic N) is 3. The highest BCUT2D eigenvalue weighted by molar-refractivity contribution is 6.07. The van der Waals surface area contributed by atoms with Crippen molar-refractivity contribution < 1.29 is 19.7 Å². The lowest BCUT2D eigenvalue weighted by atomic mass is 10.1. The molecule has 3 heterocycles. The quantitative estimate of drug-likeness (QED) is 0.612. The van der Waals surface area contributed by atoms with Crippen LogP contribution in [0.25, 0.3) is 22.1 Å². The molecule has 9 nitrogen and oxygen atoms in total. The van der Waals surface area contributed by atoms with Gasteiger partial charge in [0, 0.05) is 18.7 Å². The summed E-state index contributed by atoms with van der Waals surface area (Å²) >= 11 is 0. The number of H-pyrrole nitrogens is 1. The largest absolute Gasteiger partial charge is 0.448 e. The Morgan fingerprint density at radius 2 is 2.28 bits per heavy atom. The van der Waals surface area contributed by atoms with E-state index in [9.17, 15) is 20.0 Å². The number of rotatable bonds is 3. The number of hydrogen-bond acceptors (Lipinski definition) is 6. The Morgan fingerprint density at radius 3 is 2.96 bits per heavy atom. The first-order chi connectivity index (χ1) is 11.9. The Morgan fingerprint density at radius 1 is 1.48 bits per heavy atom. The Hall–Kier alpha value is -2.78. The summed E-state index contributed by atoms with van der Waals surface area (Å²) in [5.41, 5.74) is 0.652. The summed E-state index contributed by atoms with van der Waals surface area (Å²) in [6.07, 6.45) is 0.308. The topological polar surface area (TPSA) is 123 Å². The third kappa shape index (κ3) is 2.57. The van der Waals surface area contributed by atoms with E-state index in [1.165, 1.54) is 0 Å². The van der Waals surface area contributed by atoms with E-state index in [0.717, 1.165) is 0 Å². The standard InChI is InChI=1S/C16H16N4O5/c1-8-2-3-10-12(14(8)20(23)24)13-15(25-10)16(22)18-11(17-13)7-19-5-4-9(21)6-19/h2-3,9,21H,4-7H2,1H3,(H-,17,18,22,23,24)/p+1/t9-/m0/s1. The average molecular weight is 345 g/mol. The summed E-state index contributed by atoms with van der Waals surface area (Å²) in [4.78, 5) is 32.8. The summed E-state index contributed by atoms with van der Waals surface area (Å²) in [6.45, 7) is 3.28. The zero-order chi connectivity index (χ0) is 17.7. The number of nitrogens with one attached hydrogen (secondary N) is 1. The number of aromatic nitrogens is 2. The maximum absolute atomic E-state index is 12.4. The highest BCUT2D eigenvalue weighted by Gasteiger charge is 2.28. The van der Waals surface area contributed by atoms with Crippen molar-refractivity contribution in [3.63, 3.8) is 0 Å². The highest BCUT2D eigenvalue weighted by Crippen LogP contribution is 2.35. The summed E-state index contributed by atoms with van der Waals surface area (Å²) in [5, 5.41) is 19.4. The molecule has 0 aliphatic carbocycles. The fourth-order valence-corrected chi connectivity index (χ4v) is 3.36. The van der Waals surface area contributed by atoms with Crippen LogP contribution in [0.15, 0.2) is 21.3 Å². The molecule has 130 valence electrons. The number of hydrogen-bond donors (Lipinski definition) is 3. The monoisotopic (exact) mass is 345 g/mol. The van der Waals surface area contributed by atoms with Gasteiger partial charge in [0.05, 0.1) is 17.6 Å². The van der Waals surface area contributed by atoms with Crippen molar-refractivity contribution in [2.75, 3.05) is 13.1 Å². The molecule has 1 aliphatic rings. The molecule has 3 aromatic rings. The molecular formula is C16H17N4O5+. The van der Waals surface area contributed by atoms with E-state index < -0.39 is 5.56 Å². The molecule has 2 aromatic heterocycles. The molecule has 25 heavy (non-hydrogen) atoms. The van der Waals surface area contributed by atoms with Crippen LogP contribution in [-0.4, -0.2) is 49.3 Å². The molecule has 1 saturated heterocycles. The van der Waals surface area contributed by atoms with Gasteiger partial charge in [-0.1, -0.05) is 0 Å². The smallest absolute Gasteiger partial charge is 0.332 e. The van der Waals surface area contributed by atoms with Gasteiger partial charge < -0.3 is 14.5 Å². The molecule has 4 rings (SSSR count). The lowest BCUT2D eigenvalue weighted by Crippen LogP contribution is -2.24. The van der Waals surface area contributed by atoms with Crippen LogP contribution in [-0.2, 0) is 6.54 Å². The highest BCUT2D eigenvalue weighted by atomic mass is 16.6. The molecule has 0 radical (unpaired) electrons. The molecule has 0 saturated carbocycles. The predicted molar refractivity (Wildman–Crippen MR) is 87.8 cm³/mol. The number of fused-ring (bicyclic) bond motifs is 3. The first kappa shape index (κ1) is 15.7. The van der Waals surface area contributed by atoms with E-state index in [0.29, 0.717) is 48.4 Å². The molecule has 1 fully saturated rings. The number of aliphatic hydroxyl groups excluding tert-OH is 1. The van der Waals surface area contributed by atoms with Crippen LogP contribution in [0.5, 0.6) is 0 Å². The van der Waals surface area contributed by atoms with Gasteiger partial charge in [-0.05, 0) is 25.5 Å². The van der Waals surface area contributed by atoms with Gasteiger partial charge in [0.2, 0.25) is 5.58 Å². The Kier molecular flexibility index (Phi) is 3.55. The van der Waals surface area contributed by atoms with Gasteiger partial charge in [0.25, 0.3) is 10.5 Å². The number of furan rings is 1. The summed E-state index contributed by atoms with van der Waals surface area (Å²) in [6, 6.07) is 3.26. The molecule has 0 bridgehead atoms.